The van der Waals surface area contributed by atoms with E-state index in [0.717, 1.165) is 48.8 Å². The molecule has 1 aromatic heterocycles. The van der Waals surface area contributed by atoms with Crippen LogP contribution in [0.5, 0.6) is 0 Å². The Morgan fingerprint density at radius 3 is 2.61 bits per heavy atom. The highest BCUT2D eigenvalue weighted by Crippen LogP contribution is 2.24. The molecule has 0 saturated carbocycles. The Morgan fingerprint density at radius 1 is 1.14 bits per heavy atom. The maximum Gasteiger partial charge on any atom is 0.227 e. The molecule has 1 aliphatic rings. The van der Waals surface area contributed by atoms with Crippen LogP contribution in [0.2, 0.25) is 0 Å². The molecule has 3 aromatic rings. The van der Waals surface area contributed by atoms with Crippen LogP contribution in [0.4, 0.5) is 0 Å². The Hall–Kier alpha value is -3.08. The van der Waals surface area contributed by atoms with E-state index in [1.165, 1.54) is 5.56 Å². The van der Waals surface area contributed by atoms with Crippen molar-refractivity contribution in [2.75, 3.05) is 13.1 Å². The Bertz CT molecular complexity index is 984. The lowest BCUT2D eigenvalue weighted by Gasteiger charge is -2.32. The van der Waals surface area contributed by atoms with Gasteiger partial charge in [0.05, 0.1) is 6.42 Å². The number of hydrogen-bond donors (Lipinski definition) is 3. The molecule has 4 N–H and O–H groups in total. The number of aromatic amines is 1. The van der Waals surface area contributed by atoms with Crippen molar-refractivity contribution < 1.29 is 4.79 Å². The summed E-state index contributed by atoms with van der Waals surface area (Å²) in [6, 6.07) is 16.2. The fourth-order valence-electron chi connectivity index (χ4n) is 4.10. The zero-order chi connectivity index (χ0) is 19.5. The van der Waals surface area contributed by atoms with Gasteiger partial charge in [-0.2, -0.15) is 0 Å². The number of piperidine rings is 1. The van der Waals surface area contributed by atoms with Crippen LogP contribution < -0.4 is 5.73 Å². The number of hydrogen-bond acceptors (Lipinski definition) is 2. The SMILES string of the molecule is N=C(N)c1ccc2[nH]cc(CC(=O)N3CCC(Cc4ccccc4)CC3)c2c1. The van der Waals surface area contributed by atoms with Crippen LogP contribution >= 0.6 is 0 Å². The van der Waals surface area contributed by atoms with E-state index in [9.17, 15) is 4.79 Å². The third-order valence-corrected chi connectivity index (χ3v) is 5.75. The van der Waals surface area contributed by atoms with E-state index >= 15 is 0 Å². The second-order valence-corrected chi connectivity index (χ2v) is 7.68. The van der Waals surface area contributed by atoms with Crippen LogP contribution in [0.15, 0.2) is 54.7 Å². The van der Waals surface area contributed by atoms with Gasteiger partial charge in [-0.25, -0.2) is 0 Å². The van der Waals surface area contributed by atoms with Crippen molar-refractivity contribution in [1.82, 2.24) is 9.88 Å². The lowest BCUT2D eigenvalue weighted by atomic mass is 9.90. The van der Waals surface area contributed by atoms with Crippen LogP contribution in [-0.4, -0.2) is 34.7 Å². The summed E-state index contributed by atoms with van der Waals surface area (Å²) < 4.78 is 0. The zero-order valence-electron chi connectivity index (χ0n) is 15.9. The van der Waals surface area contributed by atoms with Crippen molar-refractivity contribution >= 4 is 22.6 Å². The number of amides is 1. The third kappa shape index (κ3) is 3.93. The minimum Gasteiger partial charge on any atom is -0.384 e. The van der Waals surface area contributed by atoms with Gasteiger partial charge < -0.3 is 15.6 Å². The summed E-state index contributed by atoms with van der Waals surface area (Å²) in [5.41, 5.74) is 9.61. The molecule has 1 fully saturated rings. The second-order valence-electron chi connectivity index (χ2n) is 7.68. The fraction of sp³-hybridized carbons (Fsp3) is 0.304. The summed E-state index contributed by atoms with van der Waals surface area (Å²) in [5.74, 6) is 0.866. The molecule has 5 nitrogen and oxygen atoms in total. The number of carbonyl (C=O) groups is 1. The van der Waals surface area contributed by atoms with Crippen molar-refractivity contribution in [2.45, 2.75) is 25.7 Å². The maximum absolute atomic E-state index is 12.8. The fourth-order valence-corrected chi connectivity index (χ4v) is 4.10. The molecule has 1 aliphatic heterocycles. The van der Waals surface area contributed by atoms with Gasteiger partial charge in [0.15, 0.2) is 0 Å². The van der Waals surface area contributed by atoms with E-state index in [2.05, 4.69) is 35.3 Å². The Labute approximate surface area is 165 Å². The number of H-pyrrole nitrogens is 1. The van der Waals surface area contributed by atoms with Gasteiger partial charge in [-0.05, 0) is 54.5 Å². The number of carbonyl (C=O) groups excluding carboxylic acids is 1. The zero-order valence-corrected chi connectivity index (χ0v) is 15.9. The molecule has 0 unspecified atom stereocenters. The average molecular weight is 374 g/mol. The number of nitrogens with zero attached hydrogens (tertiary/aromatic N) is 1. The molecular formula is C23H26N4O. The van der Waals surface area contributed by atoms with E-state index in [0.29, 0.717) is 17.9 Å². The first kappa shape index (κ1) is 18.3. The Morgan fingerprint density at radius 2 is 1.89 bits per heavy atom. The molecular weight excluding hydrogens is 348 g/mol. The first-order valence-electron chi connectivity index (χ1n) is 9.86. The number of amidine groups is 1. The number of nitrogens with two attached hydrogens (primary N) is 1. The summed E-state index contributed by atoms with van der Waals surface area (Å²) in [4.78, 5) is 18.0. The Kier molecular flexibility index (Phi) is 5.15. The number of rotatable bonds is 5. The molecule has 4 rings (SSSR count). The van der Waals surface area contributed by atoms with E-state index in [1.54, 1.807) is 0 Å². The molecule has 28 heavy (non-hydrogen) atoms. The minimum absolute atomic E-state index is 0.0425. The first-order chi connectivity index (χ1) is 13.6. The van der Waals surface area contributed by atoms with Crippen LogP contribution in [0.25, 0.3) is 10.9 Å². The highest BCUT2D eigenvalue weighted by atomic mass is 16.2. The van der Waals surface area contributed by atoms with Gasteiger partial charge in [-0.15, -0.1) is 0 Å². The Balaban J connectivity index is 1.38. The predicted octanol–water partition coefficient (Wildman–Crippen LogP) is 3.48. The summed E-state index contributed by atoms with van der Waals surface area (Å²) in [6.07, 6.45) is 5.49. The lowest BCUT2D eigenvalue weighted by molar-refractivity contribution is -0.131. The lowest BCUT2D eigenvalue weighted by Crippen LogP contribution is -2.39. The van der Waals surface area contributed by atoms with E-state index < -0.39 is 0 Å². The van der Waals surface area contributed by atoms with Crippen molar-refractivity contribution in [3.05, 3.63) is 71.4 Å². The highest BCUT2D eigenvalue weighted by molar-refractivity contribution is 6.00. The number of fused-ring (bicyclic) bond motifs is 1. The van der Waals surface area contributed by atoms with Gasteiger partial charge in [0.25, 0.3) is 0 Å². The van der Waals surface area contributed by atoms with Gasteiger partial charge in [0, 0.05) is 35.8 Å². The molecule has 2 aromatic carbocycles. The number of benzene rings is 2. The summed E-state index contributed by atoms with van der Waals surface area (Å²) in [7, 11) is 0. The van der Waals surface area contributed by atoms with Gasteiger partial charge in [0.2, 0.25) is 5.91 Å². The number of nitrogens with one attached hydrogen (secondary N) is 2. The average Bonchev–Trinajstić information content (AvgIpc) is 3.11. The molecule has 5 heteroatoms. The van der Waals surface area contributed by atoms with E-state index in [1.807, 2.05) is 29.3 Å². The topological polar surface area (TPSA) is 86.0 Å². The van der Waals surface area contributed by atoms with E-state index in [4.69, 9.17) is 11.1 Å². The van der Waals surface area contributed by atoms with E-state index in [-0.39, 0.29) is 11.7 Å². The second kappa shape index (κ2) is 7.89. The van der Waals surface area contributed by atoms with Crippen molar-refractivity contribution in [2.24, 2.45) is 11.7 Å². The summed E-state index contributed by atoms with van der Waals surface area (Å²) in [5, 5.41) is 8.60. The normalized spacial score (nSPS) is 15.1. The molecule has 2 heterocycles. The molecule has 144 valence electrons. The van der Waals surface area contributed by atoms with Gasteiger partial charge >= 0.3 is 0 Å². The quantitative estimate of drug-likeness (QED) is 0.472. The largest absolute Gasteiger partial charge is 0.384 e. The van der Waals surface area contributed by atoms with Gasteiger partial charge in [-0.3, -0.25) is 10.2 Å². The van der Waals surface area contributed by atoms with Gasteiger partial charge in [0.1, 0.15) is 5.84 Å². The number of nitrogen functional groups attached to an aromatic ring is 1. The molecule has 0 radical (unpaired) electrons. The third-order valence-electron chi connectivity index (χ3n) is 5.75. The number of likely N-dealkylation sites (tertiary alicyclic amines) is 1. The minimum atomic E-state index is 0.0425. The summed E-state index contributed by atoms with van der Waals surface area (Å²) in [6.45, 7) is 1.66. The first-order valence-corrected chi connectivity index (χ1v) is 9.86. The molecule has 1 amide bonds. The molecule has 0 bridgehead atoms. The van der Waals surface area contributed by atoms with Gasteiger partial charge in [-0.1, -0.05) is 30.3 Å². The van der Waals surface area contributed by atoms with Crippen LogP contribution in [0.3, 0.4) is 0 Å². The molecule has 1 saturated heterocycles. The smallest absolute Gasteiger partial charge is 0.227 e. The van der Waals surface area contributed by atoms with Crippen LogP contribution in [-0.2, 0) is 17.6 Å². The summed E-state index contributed by atoms with van der Waals surface area (Å²) >= 11 is 0. The molecule has 0 spiro atoms. The molecule has 0 aliphatic carbocycles. The van der Waals surface area contributed by atoms with Crippen molar-refractivity contribution in [3.63, 3.8) is 0 Å². The van der Waals surface area contributed by atoms with Crippen molar-refractivity contribution in [3.8, 4) is 0 Å². The maximum atomic E-state index is 12.8. The standard InChI is InChI=1S/C23H26N4O/c24-23(25)18-6-7-21-20(13-18)19(15-26-21)14-22(28)27-10-8-17(9-11-27)12-16-4-2-1-3-5-16/h1-7,13,15,17,26H,8-12,14H2,(H3,24,25). The number of aromatic nitrogens is 1. The van der Waals surface area contributed by atoms with Crippen molar-refractivity contribution in [1.29, 1.82) is 5.41 Å². The molecule has 0 atom stereocenters. The monoisotopic (exact) mass is 374 g/mol. The predicted molar refractivity (Wildman–Crippen MR) is 112 cm³/mol. The van der Waals surface area contributed by atoms with Crippen LogP contribution in [0.1, 0.15) is 29.5 Å². The van der Waals surface area contributed by atoms with Crippen LogP contribution in [0, 0.1) is 11.3 Å². The highest BCUT2D eigenvalue weighted by Gasteiger charge is 2.23.